The van der Waals surface area contributed by atoms with E-state index in [0.717, 1.165) is 53.7 Å². The third kappa shape index (κ3) is 2.49. The summed E-state index contributed by atoms with van der Waals surface area (Å²) in [4.78, 5) is 29.3. The lowest BCUT2D eigenvalue weighted by atomic mass is 9.51. The van der Waals surface area contributed by atoms with Gasteiger partial charge in [0.1, 0.15) is 0 Å². The Kier molecular flexibility index (Phi) is 3.75. The second-order valence-electron chi connectivity index (χ2n) is 9.94. The highest BCUT2D eigenvalue weighted by atomic mass is 16.2. The lowest BCUT2D eigenvalue weighted by molar-refractivity contribution is -0.0261. The standard InChI is InChI=1S/C26H26N4O/c1-25(2)23-14-18-13-21-22(29-10-9-28-21)15-19(18)26(25,3)7-11-30(23)24(31)17-4-5-20-16(12-17)6-8-27-20/h4-5,8-10,12-13,15,23H,6-7,11,14H2,1-3H3/t23-,26-/m0/s1. The predicted molar refractivity (Wildman–Crippen MR) is 122 cm³/mol. The van der Waals surface area contributed by atoms with E-state index in [2.05, 4.69) is 52.8 Å². The van der Waals surface area contributed by atoms with Gasteiger partial charge in [0.25, 0.3) is 5.91 Å². The summed E-state index contributed by atoms with van der Waals surface area (Å²) in [5.74, 6) is 0.138. The van der Waals surface area contributed by atoms with E-state index in [4.69, 9.17) is 0 Å². The molecule has 2 atom stereocenters. The van der Waals surface area contributed by atoms with E-state index in [-0.39, 0.29) is 22.8 Å². The Hall–Kier alpha value is -3.08. The minimum atomic E-state index is -0.0519. The first-order valence-corrected chi connectivity index (χ1v) is 11.1. The molecule has 3 aliphatic rings. The quantitative estimate of drug-likeness (QED) is 0.587. The van der Waals surface area contributed by atoms with Crippen molar-refractivity contribution < 1.29 is 4.79 Å². The number of carbonyl (C=O) groups is 1. The largest absolute Gasteiger partial charge is 0.335 e. The number of hydrogen-bond donors (Lipinski definition) is 0. The van der Waals surface area contributed by atoms with Crippen LogP contribution in [0.15, 0.2) is 47.7 Å². The van der Waals surface area contributed by atoms with Gasteiger partial charge in [0, 0.05) is 48.6 Å². The average Bonchev–Trinajstić information content (AvgIpc) is 3.23. The summed E-state index contributed by atoms with van der Waals surface area (Å²) < 4.78 is 0. The van der Waals surface area contributed by atoms with Gasteiger partial charge < -0.3 is 4.90 Å². The number of amides is 1. The molecule has 5 heteroatoms. The van der Waals surface area contributed by atoms with E-state index in [1.807, 2.05) is 24.4 Å². The van der Waals surface area contributed by atoms with Crippen LogP contribution in [0.5, 0.6) is 0 Å². The van der Waals surface area contributed by atoms with E-state index >= 15 is 0 Å². The summed E-state index contributed by atoms with van der Waals surface area (Å²) in [5.41, 5.74) is 7.41. The Morgan fingerprint density at radius 2 is 1.81 bits per heavy atom. The predicted octanol–water partition coefficient (Wildman–Crippen LogP) is 4.64. The van der Waals surface area contributed by atoms with Crippen LogP contribution in [0.25, 0.3) is 11.0 Å². The summed E-state index contributed by atoms with van der Waals surface area (Å²) in [6.45, 7) is 7.80. The van der Waals surface area contributed by atoms with E-state index in [1.54, 1.807) is 12.4 Å². The Balaban J connectivity index is 1.43. The SMILES string of the molecule is CC1(C)[C@@H]2Cc3cc4nccnc4cc3[C@]1(C)CCN2C(=O)c1ccc2c(c1)CC=N2. The van der Waals surface area contributed by atoms with Crippen molar-refractivity contribution in [3.8, 4) is 0 Å². The molecular weight excluding hydrogens is 384 g/mol. The average molecular weight is 411 g/mol. The first-order chi connectivity index (χ1) is 14.9. The highest BCUT2D eigenvalue weighted by Gasteiger charge is 2.57. The molecule has 6 rings (SSSR count). The number of nitrogens with zero attached hydrogens (tertiary/aromatic N) is 4. The van der Waals surface area contributed by atoms with Gasteiger partial charge in [0.15, 0.2) is 0 Å². The number of benzene rings is 2. The number of aromatic nitrogens is 2. The van der Waals surface area contributed by atoms with Crippen LogP contribution in [0, 0.1) is 5.41 Å². The van der Waals surface area contributed by atoms with Crippen LogP contribution in [0.3, 0.4) is 0 Å². The fraction of sp³-hybridized carbons (Fsp3) is 0.385. The molecule has 3 aromatic rings. The highest BCUT2D eigenvalue weighted by molar-refractivity contribution is 5.96. The van der Waals surface area contributed by atoms with Gasteiger partial charge in [-0.15, -0.1) is 0 Å². The third-order valence-corrected chi connectivity index (χ3v) is 8.32. The zero-order valence-electron chi connectivity index (χ0n) is 18.2. The monoisotopic (exact) mass is 410 g/mol. The topological polar surface area (TPSA) is 58.5 Å². The van der Waals surface area contributed by atoms with Crippen molar-refractivity contribution in [1.82, 2.24) is 14.9 Å². The van der Waals surface area contributed by atoms with Crippen molar-refractivity contribution in [2.45, 2.75) is 51.5 Å². The molecule has 0 spiro atoms. The molecule has 3 heterocycles. The molecule has 0 saturated carbocycles. The van der Waals surface area contributed by atoms with Crippen molar-refractivity contribution in [2.75, 3.05) is 6.54 Å². The van der Waals surface area contributed by atoms with Crippen molar-refractivity contribution in [2.24, 2.45) is 10.4 Å². The number of piperidine rings is 1. The van der Waals surface area contributed by atoms with Gasteiger partial charge in [-0.3, -0.25) is 19.8 Å². The molecule has 2 aliphatic heterocycles. The second-order valence-corrected chi connectivity index (χ2v) is 9.94. The number of likely N-dealkylation sites (tertiary alicyclic amines) is 1. The molecule has 31 heavy (non-hydrogen) atoms. The van der Waals surface area contributed by atoms with Gasteiger partial charge in [-0.2, -0.15) is 0 Å². The molecule has 1 saturated heterocycles. The highest BCUT2D eigenvalue weighted by Crippen LogP contribution is 2.56. The van der Waals surface area contributed by atoms with Crippen LogP contribution in [0.4, 0.5) is 5.69 Å². The van der Waals surface area contributed by atoms with E-state index in [1.165, 1.54) is 11.1 Å². The summed E-state index contributed by atoms with van der Waals surface area (Å²) in [6.07, 6.45) is 8.03. The maximum absolute atomic E-state index is 13.7. The van der Waals surface area contributed by atoms with Crippen molar-refractivity contribution in [3.05, 3.63) is 65.0 Å². The van der Waals surface area contributed by atoms with Crippen LogP contribution in [-0.2, 0) is 18.3 Å². The molecule has 0 radical (unpaired) electrons. The summed E-state index contributed by atoms with van der Waals surface area (Å²) in [6, 6.07) is 10.5. The Labute approximate surface area is 182 Å². The Morgan fingerprint density at radius 3 is 2.61 bits per heavy atom. The summed E-state index contributed by atoms with van der Waals surface area (Å²) >= 11 is 0. The number of aliphatic imine (C=N–C) groups is 1. The van der Waals surface area contributed by atoms with Gasteiger partial charge in [0.2, 0.25) is 0 Å². The fourth-order valence-electron chi connectivity index (χ4n) is 6.03. The van der Waals surface area contributed by atoms with Crippen LogP contribution in [0.1, 0.15) is 54.2 Å². The van der Waals surface area contributed by atoms with Gasteiger partial charge in [-0.1, -0.05) is 20.8 Å². The maximum Gasteiger partial charge on any atom is 0.254 e. The van der Waals surface area contributed by atoms with Gasteiger partial charge in [0.05, 0.1) is 16.7 Å². The first-order valence-electron chi connectivity index (χ1n) is 11.1. The summed E-state index contributed by atoms with van der Waals surface area (Å²) in [5, 5.41) is 0. The molecule has 1 aliphatic carbocycles. The van der Waals surface area contributed by atoms with Gasteiger partial charge >= 0.3 is 0 Å². The van der Waals surface area contributed by atoms with Gasteiger partial charge in [-0.25, -0.2) is 0 Å². The maximum atomic E-state index is 13.7. The van der Waals surface area contributed by atoms with Crippen LogP contribution in [0.2, 0.25) is 0 Å². The summed E-state index contributed by atoms with van der Waals surface area (Å²) in [7, 11) is 0. The van der Waals surface area contributed by atoms with Crippen LogP contribution >= 0.6 is 0 Å². The zero-order valence-corrected chi connectivity index (χ0v) is 18.2. The molecule has 1 aromatic heterocycles. The van der Waals surface area contributed by atoms with E-state index in [9.17, 15) is 4.79 Å². The van der Waals surface area contributed by atoms with E-state index < -0.39 is 0 Å². The lowest BCUT2D eigenvalue weighted by Crippen LogP contribution is -2.64. The normalized spacial score (nSPS) is 25.4. The lowest BCUT2D eigenvalue weighted by Gasteiger charge is -2.60. The van der Waals surface area contributed by atoms with Crippen molar-refractivity contribution >= 4 is 28.8 Å². The minimum absolute atomic E-state index is 0.0144. The Morgan fingerprint density at radius 1 is 1.03 bits per heavy atom. The second kappa shape index (κ2) is 6.22. The van der Waals surface area contributed by atoms with Gasteiger partial charge in [-0.05, 0) is 65.3 Å². The van der Waals surface area contributed by atoms with Crippen LogP contribution in [-0.4, -0.2) is 39.6 Å². The first kappa shape index (κ1) is 18.7. The number of hydrogen-bond acceptors (Lipinski definition) is 4. The molecule has 0 unspecified atom stereocenters. The van der Waals surface area contributed by atoms with Crippen molar-refractivity contribution in [1.29, 1.82) is 0 Å². The molecule has 2 bridgehead atoms. The smallest absolute Gasteiger partial charge is 0.254 e. The fourth-order valence-corrected chi connectivity index (χ4v) is 6.03. The zero-order chi connectivity index (χ0) is 21.4. The number of rotatable bonds is 1. The molecule has 5 nitrogen and oxygen atoms in total. The number of carbonyl (C=O) groups excluding carboxylic acids is 1. The molecule has 2 aromatic carbocycles. The molecular formula is C26H26N4O. The molecule has 156 valence electrons. The Bertz CT molecular complexity index is 1280. The molecule has 1 amide bonds. The molecule has 0 N–H and O–H groups in total. The molecule has 1 fully saturated rings. The van der Waals surface area contributed by atoms with Crippen LogP contribution < -0.4 is 0 Å². The number of fused-ring (bicyclic) bond motifs is 6. The minimum Gasteiger partial charge on any atom is -0.335 e. The third-order valence-electron chi connectivity index (χ3n) is 8.32. The van der Waals surface area contributed by atoms with Crippen molar-refractivity contribution in [3.63, 3.8) is 0 Å². The van der Waals surface area contributed by atoms with E-state index in [0.29, 0.717) is 0 Å².